The van der Waals surface area contributed by atoms with Gasteiger partial charge in [-0.25, -0.2) is 0 Å². The summed E-state index contributed by atoms with van der Waals surface area (Å²) in [6, 6.07) is 7.69. The molecule has 4 nitrogen and oxygen atoms in total. The molecule has 0 saturated carbocycles. The average Bonchev–Trinajstić information content (AvgIpc) is 2.70. The highest BCUT2D eigenvalue weighted by molar-refractivity contribution is 6.16. The van der Waals surface area contributed by atoms with Crippen LogP contribution in [0.25, 0.3) is 5.69 Å². The van der Waals surface area contributed by atoms with Crippen molar-refractivity contribution in [3.05, 3.63) is 35.9 Å². The lowest BCUT2D eigenvalue weighted by Crippen LogP contribution is -2.01. The Bertz CT molecular complexity index is 478. The van der Waals surface area contributed by atoms with Crippen LogP contribution in [-0.4, -0.2) is 21.9 Å². The first-order valence-electron chi connectivity index (χ1n) is 4.87. The lowest BCUT2D eigenvalue weighted by molar-refractivity contribution is 0.414. The molecular formula is C11H12ClN3O. The van der Waals surface area contributed by atoms with Gasteiger partial charge in [-0.05, 0) is 31.2 Å². The number of hydrogen-bond donors (Lipinski definition) is 0. The van der Waals surface area contributed by atoms with Crippen LogP contribution in [0.4, 0.5) is 0 Å². The molecule has 2 rings (SSSR count). The molecule has 1 aromatic heterocycles. The number of aromatic nitrogens is 3. The fourth-order valence-electron chi connectivity index (χ4n) is 1.56. The largest absolute Gasteiger partial charge is 0.497 e. The number of ether oxygens (including phenoxy) is 1. The van der Waals surface area contributed by atoms with Gasteiger partial charge in [0.05, 0.1) is 13.0 Å². The molecule has 2 aromatic rings. The number of hydrogen-bond acceptors (Lipinski definition) is 3. The van der Waals surface area contributed by atoms with Crippen LogP contribution in [0, 0.1) is 6.92 Å². The zero-order valence-corrected chi connectivity index (χ0v) is 9.90. The van der Waals surface area contributed by atoms with Crippen LogP contribution in [0.5, 0.6) is 5.75 Å². The molecule has 0 bridgehead atoms. The summed E-state index contributed by atoms with van der Waals surface area (Å²) in [5.41, 5.74) is 0.985. The van der Waals surface area contributed by atoms with Gasteiger partial charge in [0.2, 0.25) is 0 Å². The molecule has 16 heavy (non-hydrogen) atoms. The smallest absolute Gasteiger partial charge is 0.152 e. The summed E-state index contributed by atoms with van der Waals surface area (Å²) >= 11 is 5.81. The maximum absolute atomic E-state index is 5.81. The SMILES string of the molecule is COc1ccc(-n2c(C)nnc2CCl)cc1. The van der Waals surface area contributed by atoms with Crippen molar-refractivity contribution < 1.29 is 4.74 Å². The Morgan fingerprint density at radius 1 is 1.25 bits per heavy atom. The minimum Gasteiger partial charge on any atom is -0.497 e. The normalized spacial score (nSPS) is 10.4. The second-order valence-electron chi connectivity index (χ2n) is 3.33. The van der Waals surface area contributed by atoms with Gasteiger partial charge in [-0.3, -0.25) is 4.57 Å². The van der Waals surface area contributed by atoms with Gasteiger partial charge < -0.3 is 4.74 Å². The fraction of sp³-hybridized carbons (Fsp3) is 0.273. The van der Waals surface area contributed by atoms with Gasteiger partial charge in [0.15, 0.2) is 5.82 Å². The number of alkyl halides is 1. The van der Waals surface area contributed by atoms with Crippen molar-refractivity contribution in [1.29, 1.82) is 0 Å². The number of benzene rings is 1. The molecular weight excluding hydrogens is 226 g/mol. The highest BCUT2D eigenvalue weighted by Gasteiger charge is 2.09. The predicted octanol–water partition coefficient (Wildman–Crippen LogP) is 2.32. The second kappa shape index (κ2) is 4.53. The molecule has 0 aliphatic heterocycles. The minimum atomic E-state index is 0.340. The summed E-state index contributed by atoms with van der Waals surface area (Å²) in [7, 11) is 1.64. The number of rotatable bonds is 3. The monoisotopic (exact) mass is 237 g/mol. The van der Waals surface area contributed by atoms with E-state index in [1.807, 2.05) is 35.8 Å². The number of methoxy groups -OCH3 is 1. The van der Waals surface area contributed by atoms with Crippen LogP contribution >= 0.6 is 11.6 Å². The van der Waals surface area contributed by atoms with Crippen LogP contribution in [0.2, 0.25) is 0 Å². The fourth-order valence-corrected chi connectivity index (χ4v) is 1.73. The topological polar surface area (TPSA) is 39.9 Å². The van der Waals surface area contributed by atoms with Gasteiger partial charge >= 0.3 is 0 Å². The Kier molecular flexibility index (Phi) is 3.10. The van der Waals surface area contributed by atoms with Crippen molar-refractivity contribution in [2.45, 2.75) is 12.8 Å². The van der Waals surface area contributed by atoms with E-state index >= 15 is 0 Å². The van der Waals surface area contributed by atoms with Crippen LogP contribution in [-0.2, 0) is 5.88 Å². The molecule has 0 aliphatic rings. The van der Waals surface area contributed by atoms with E-state index < -0.39 is 0 Å². The molecule has 0 atom stereocenters. The van der Waals surface area contributed by atoms with Crippen LogP contribution in [0.15, 0.2) is 24.3 Å². The minimum absolute atomic E-state index is 0.340. The van der Waals surface area contributed by atoms with E-state index in [4.69, 9.17) is 16.3 Å². The number of aryl methyl sites for hydroxylation is 1. The van der Waals surface area contributed by atoms with Gasteiger partial charge in [0.25, 0.3) is 0 Å². The summed E-state index contributed by atoms with van der Waals surface area (Å²) in [5.74, 6) is 2.72. The van der Waals surface area contributed by atoms with E-state index in [2.05, 4.69) is 10.2 Å². The Morgan fingerprint density at radius 3 is 2.50 bits per heavy atom. The predicted molar refractivity (Wildman–Crippen MR) is 62.2 cm³/mol. The quantitative estimate of drug-likeness (QED) is 0.770. The maximum Gasteiger partial charge on any atom is 0.152 e. The van der Waals surface area contributed by atoms with Crippen LogP contribution < -0.4 is 4.74 Å². The summed E-state index contributed by atoms with van der Waals surface area (Å²) in [6.07, 6.45) is 0. The Hall–Kier alpha value is -1.55. The van der Waals surface area contributed by atoms with Gasteiger partial charge in [-0.15, -0.1) is 21.8 Å². The zero-order valence-electron chi connectivity index (χ0n) is 9.14. The molecule has 0 fully saturated rings. The molecule has 5 heteroatoms. The Labute approximate surface area is 98.8 Å². The lowest BCUT2D eigenvalue weighted by atomic mass is 10.3. The van der Waals surface area contributed by atoms with Gasteiger partial charge in [-0.2, -0.15) is 0 Å². The van der Waals surface area contributed by atoms with Crippen molar-refractivity contribution >= 4 is 11.6 Å². The maximum atomic E-state index is 5.81. The van der Waals surface area contributed by atoms with E-state index in [1.54, 1.807) is 7.11 Å². The third-order valence-corrected chi connectivity index (χ3v) is 2.58. The average molecular weight is 238 g/mol. The Morgan fingerprint density at radius 2 is 1.94 bits per heavy atom. The molecule has 0 amide bonds. The van der Waals surface area contributed by atoms with Gasteiger partial charge in [-0.1, -0.05) is 0 Å². The third kappa shape index (κ3) is 1.88. The lowest BCUT2D eigenvalue weighted by Gasteiger charge is -2.07. The Balaban J connectivity index is 2.45. The summed E-state index contributed by atoms with van der Waals surface area (Å²) in [4.78, 5) is 0. The summed E-state index contributed by atoms with van der Waals surface area (Å²) < 4.78 is 7.03. The van der Waals surface area contributed by atoms with Crippen molar-refractivity contribution in [1.82, 2.24) is 14.8 Å². The highest BCUT2D eigenvalue weighted by atomic mass is 35.5. The van der Waals surface area contributed by atoms with E-state index in [0.29, 0.717) is 5.88 Å². The summed E-state index contributed by atoms with van der Waals surface area (Å²) in [6.45, 7) is 1.90. The first-order valence-corrected chi connectivity index (χ1v) is 5.41. The second-order valence-corrected chi connectivity index (χ2v) is 3.60. The van der Waals surface area contributed by atoms with E-state index in [-0.39, 0.29) is 0 Å². The molecule has 0 aliphatic carbocycles. The molecule has 0 N–H and O–H groups in total. The van der Waals surface area contributed by atoms with Gasteiger partial charge in [0, 0.05) is 5.69 Å². The van der Waals surface area contributed by atoms with Crippen molar-refractivity contribution in [3.8, 4) is 11.4 Å². The molecule has 1 aromatic carbocycles. The zero-order chi connectivity index (χ0) is 11.5. The molecule has 1 heterocycles. The van der Waals surface area contributed by atoms with E-state index in [0.717, 1.165) is 23.1 Å². The number of halogens is 1. The molecule has 0 unspecified atom stereocenters. The van der Waals surface area contributed by atoms with E-state index in [9.17, 15) is 0 Å². The first kappa shape index (κ1) is 11.0. The van der Waals surface area contributed by atoms with Crippen LogP contribution in [0.3, 0.4) is 0 Å². The standard InChI is InChI=1S/C11H12ClN3O/c1-8-13-14-11(7-12)15(8)9-3-5-10(16-2)6-4-9/h3-6H,7H2,1-2H3. The third-order valence-electron chi connectivity index (χ3n) is 2.34. The summed E-state index contributed by atoms with van der Waals surface area (Å²) in [5, 5.41) is 8.01. The van der Waals surface area contributed by atoms with Crippen LogP contribution in [0.1, 0.15) is 11.6 Å². The molecule has 0 spiro atoms. The van der Waals surface area contributed by atoms with Crippen molar-refractivity contribution in [2.75, 3.05) is 7.11 Å². The van der Waals surface area contributed by atoms with Crippen molar-refractivity contribution in [2.24, 2.45) is 0 Å². The van der Waals surface area contributed by atoms with E-state index in [1.165, 1.54) is 0 Å². The van der Waals surface area contributed by atoms with Gasteiger partial charge in [0.1, 0.15) is 11.6 Å². The highest BCUT2D eigenvalue weighted by Crippen LogP contribution is 2.18. The number of nitrogens with zero attached hydrogens (tertiary/aromatic N) is 3. The first-order chi connectivity index (χ1) is 7.76. The molecule has 0 radical (unpaired) electrons. The van der Waals surface area contributed by atoms with Crippen molar-refractivity contribution in [3.63, 3.8) is 0 Å². The molecule has 84 valence electrons. The molecule has 0 saturated heterocycles.